The molecule has 2 fully saturated rings. The lowest BCUT2D eigenvalue weighted by molar-refractivity contribution is -0.225. The molecule has 0 amide bonds. The predicted molar refractivity (Wildman–Crippen MR) is 94.7 cm³/mol. The average Bonchev–Trinajstić information content (AvgIpc) is 2.67. The van der Waals surface area contributed by atoms with E-state index in [1.54, 1.807) is 0 Å². The summed E-state index contributed by atoms with van der Waals surface area (Å²) in [6.07, 6.45) is 2.68. The van der Waals surface area contributed by atoms with E-state index in [-0.39, 0.29) is 24.9 Å². The molecule has 0 bridgehead atoms. The molecule has 0 spiro atoms. The standard InChI is InChI=1S/C21H27F5O2/c1-2-3-13-4-9-19(27-12-13)14-5-7-15(8-6-14)21(25,26)28-16-10-17(22)20(24)18(23)11-16/h10-11,13-15,19H,2-9,12H2,1H3. The molecule has 0 N–H and O–H groups in total. The molecule has 1 aliphatic heterocycles. The maximum Gasteiger partial charge on any atom is 0.400 e. The van der Waals surface area contributed by atoms with Crippen LogP contribution in [0.4, 0.5) is 22.0 Å². The van der Waals surface area contributed by atoms with E-state index in [1.807, 2.05) is 0 Å². The van der Waals surface area contributed by atoms with Crippen molar-refractivity contribution in [2.45, 2.75) is 70.5 Å². The monoisotopic (exact) mass is 406 g/mol. The van der Waals surface area contributed by atoms with Crippen molar-refractivity contribution in [2.75, 3.05) is 6.61 Å². The summed E-state index contributed by atoms with van der Waals surface area (Å²) in [5, 5.41) is 0. The van der Waals surface area contributed by atoms with Crippen LogP contribution in [0.5, 0.6) is 5.75 Å². The molecule has 1 aromatic rings. The number of ether oxygens (including phenoxy) is 2. The first kappa shape index (κ1) is 21.3. The lowest BCUT2D eigenvalue weighted by atomic mass is 9.76. The van der Waals surface area contributed by atoms with Crippen molar-refractivity contribution in [3.63, 3.8) is 0 Å². The molecule has 2 aliphatic rings. The van der Waals surface area contributed by atoms with E-state index in [9.17, 15) is 22.0 Å². The molecule has 0 radical (unpaired) electrons. The second-order valence-corrected chi connectivity index (χ2v) is 8.08. The first-order valence-corrected chi connectivity index (χ1v) is 10.1. The third-order valence-corrected chi connectivity index (χ3v) is 6.09. The molecule has 0 aromatic heterocycles. The Labute approximate surface area is 162 Å². The first-order valence-electron chi connectivity index (χ1n) is 10.1. The fraction of sp³-hybridized carbons (Fsp3) is 0.714. The highest BCUT2D eigenvalue weighted by molar-refractivity contribution is 5.25. The molecule has 158 valence electrons. The number of hydrogen-bond donors (Lipinski definition) is 0. The lowest BCUT2D eigenvalue weighted by Gasteiger charge is -2.39. The smallest absolute Gasteiger partial charge is 0.400 e. The molecule has 2 nitrogen and oxygen atoms in total. The highest BCUT2D eigenvalue weighted by Crippen LogP contribution is 2.43. The molecule has 2 unspecified atom stereocenters. The van der Waals surface area contributed by atoms with Crippen LogP contribution < -0.4 is 4.74 Å². The van der Waals surface area contributed by atoms with Crippen LogP contribution >= 0.6 is 0 Å². The normalized spacial score (nSPS) is 28.9. The van der Waals surface area contributed by atoms with Gasteiger partial charge in [-0.1, -0.05) is 13.3 Å². The van der Waals surface area contributed by atoms with E-state index in [0.717, 1.165) is 32.3 Å². The summed E-state index contributed by atoms with van der Waals surface area (Å²) in [5.41, 5.74) is 0. The van der Waals surface area contributed by atoms with Gasteiger partial charge in [0.2, 0.25) is 0 Å². The molecule has 1 heterocycles. The van der Waals surface area contributed by atoms with Crippen molar-refractivity contribution in [3.8, 4) is 5.75 Å². The van der Waals surface area contributed by atoms with Gasteiger partial charge < -0.3 is 9.47 Å². The van der Waals surface area contributed by atoms with Crippen LogP contribution in [-0.4, -0.2) is 18.8 Å². The van der Waals surface area contributed by atoms with Crippen molar-refractivity contribution in [2.24, 2.45) is 17.8 Å². The SMILES string of the molecule is CCCC1CCC(C2CCC(C(F)(F)Oc3cc(F)c(F)c(F)c3)CC2)OC1. The van der Waals surface area contributed by atoms with Gasteiger partial charge in [0, 0.05) is 18.7 Å². The van der Waals surface area contributed by atoms with E-state index < -0.39 is 35.2 Å². The van der Waals surface area contributed by atoms with Gasteiger partial charge in [0.15, 0.2) is 17.5 Å². The summed E-state index contributed by atoms with van der Waals surface area (Å²) in [6.45, 7) is 2.91. The second kappa shape index (κ2) is 8.97. The molecule has 1 saturated carbocycles. The quantitative estimate of drug-likeness (QED) is 0.398. The van der Waals surface area contributed by atoms with Crippen molar-refractivity contribution in [1.82, 2.24) is 0 Å². The number of benzene rings is 1. The van der Waals surface area contributed by atoms with Gasteiger partial charge in [-0.15, -0.1) is 0 Å². The van der Waals surface area contributed by atoms with Gasteiger partial charge in [0.25, 0.3) is 0 Å². The summed E-state index contributed by atoms with van der Waals surface area (Å²) in [4.78, 5) is 0. The topological polar surface area (TPSA) is 18.5 Å². The third-order valence-electron chi connectivity index (χ3n) is 6.09. The zero-order valence-electron chi connectivity index (χ0n) is 16.0. The fourth-order valence-electron chi connectivity index (χ4n) is 4.49. The van der Waals surface area contributed by atoms with Gasteiger partial charge >= 0.3 is 6.11 Å². The van der Waals surface area contributed by atoms with Gasteiger partial charge in [0.05, 0.1) is 12.0 Å². The van der Waals surface area contributed by atoms with Gasteiger partial charge in [0.1, 0.15) is 5.75 Å². The van der Waals surface area contributed by atoms with Crippen LogP contribution in [0.3, 0.4) is 0 Å². The Morgan fingerprint density at radius 1 is 1.00 bits per heavy atom. The summed E-state index contributed by atoms with van der Waals surface area (Å²) in [7, 11) is 0. The van der Waals surface area contributed by atoms with Gasteiger partial charge in [-0.3, -0.25) is 0 Å². The van der Waals surface area contributed by atoms with Crippen LogP contribution in [0.15, 0.2) is 12.1 Å². The van der Waals surface area contributed by atoms with Crippen LogP contribution in [0.25, 0.3) is 0 Å². The lowest BCUT2D eigenvalue weighted by Crippen LogP contribution is -2.40. The fourth-order valence-corrected chi connectivity index (χ4v) is 4.49. The molecule has 1 aliphatic carbocycles. The van der Waals surface area contributed by atoms with Crippen molar-refractivity contribution < 1.29 is 31.4 Å². The minimum absolute atomic E-state index is 0.129. The van der Waals surface area contributed by atoms with Gasteiger partial charge in [-0.05, 0) is 56.8 Å². The minimum atomic E-state index is -3.57. The Kier molecular flexibility index (Phi) is 6.84. The van der Waals surface area contributed by atoms with Crippen molar-refractivity contribution in [3.05, 3.63) is 29.6 Å². The largest absolute Gasteiger partial charge is 0.432 e. The molecule has 7 heteroatoms. The molecular weight excluding hydrogens is 379 g/mol. The highest BCUT2D eigenvalue weighted by Gasteiger charge is 2.45. The van der Waals surface area contributed by atoms with Crippen LogP contribution in [-0.2, 0) is 4.74 Å². The number of rotatable bonds is 6. The Bertz CT molecular complexity index is 627. The Morgan fingerprint density at radius 3 is 2.18 bits per heavy atom. The van der Waals surface area contributed by atoms with Crippen LogP contribution in [0.1, 0.15) is 58.3 Å². The van der Waals surface area contributed by atoms with E-state index in [1.165, 1.54) is 0 Å². The molecule has 1 saturated heterocycles. The van der Waals surface area contributed by atoms with Gasteiger partial charge in [-0.2, -0.15) is 8.78 Å². The van der Waals surface area contributed by atoms with Gasteiger partial charge in [-0.25, -0.2) is 13.2 Å². The predicted octanol–water partition coefficient (Wildman–Crippen LogP) is 6.48. The summed E-state index contributed by atoms with van der Waals surface area (Å²) in [6, 6.07) is 0.890. The van der Waals surface area contributed by atoms with E-state index >= 15 is 0 Å². The zero-order valence-corrected chi connectivity index (χ0v) is 16.0. The minimum Gasteiger partial charge on any atom is -0.432 e. The first-order chi connectivity index (χ1) is 13.3. The summed E-state index contributed by atoms with van der Waals surface area (Å²) in [5.74, 6) is -5.69. The van der Waals surface area contributed by atoms with Crippen LogP contribution in [0, 0.1) is 35.2 Å². The molecular formula is C21H27F5O2. The Hall–Kier alpha value is -1.37. The number of halogens is 5. The number of hydrogen-bond acceptors (Lipinski definition) is 2. The highest BCUT2D eigenvalue weighted by atomic mass is 19.3. The number of alkyl halides is 2. The van der Waals surface area contributed by atoms with Crippen LogP contribution in [0.2, 0.25) is 0 Å². The maximum atomic E-state index is 14.5. The second-order valence-electron chi connectivity index (χ2n) is 8.08. The van der Waals surface area contributed by atoms with Crippen molar-refractivity contribution >= 4 is 0 Å². The molecule has 1 aromatic carbocycles. The summed E-state index contributed by atoms with van der Waals surface area (Å²) >= 11 is 0. The maximum absolute atomic E-state index is 14.5. The van der Waals surface area contributed by atoms with Crippen molar-refractivity contribution in [1.29, 1.82) is 0 Å². The summed E-state index contributed by atoms with van der Waals surface area (Å²) < 4.78 is 79.0. The van der Waals surface area contributed by atoms with E-state index in [0.29, 0.717) is 30.9 Å². The molecule has 28 heavy (non-hydrogen) atoms. The average molecular weight is 406 g/mol. The molecule has 2 atom stereocenters. The van der Waals surface area contributed by atoms with E-state index in [2.05, 4.69) is 11.7 Å². The Balaban J connectivity index is 1.52. The third kappa shape index (κ3) is 4.97. The van der Waals surface area contributed by atoms with E-state index in [4.69, 9.17) is 4.74 Å². The molecule has 3 rings (SSSR count). The Morgan fingerprint density at radius 2 is 1.64 bits per heavy atom. The zero-order chi connectivity index (χ0) is 20.3.